The lowest BCUT2D eigenvalue weighted by molar-refractivity contribution is 0.181. The highest BCUT2D eigenvalue weighted by Crippen LogP contribution is 2.30. The van der Waals surface area contributed by atoms with E-state index in [1.807, 2.05) is 0 Å². The molecule has 1 heterocycles. The summed E-state index contributed by atoms with van der Waals surface area (Å²) >= 11 is 1.41. The van der Waals surface area contributed by atoms with E-state index in [-0.39, 0.29) is 0 Å². The van der Waals surface area contributed by atoms with E-state index in [9.17, 15) is 8.78 Å². The summed E-state index contributed by atoms with van der Waals surface area (Å²) in [6.45, 7) is 4.05. The summed E-state index contributed by atoms with van der Waals surface area (Å²) in [5, 5.41) is 3.85. The van der Waals surface area contributed by atoms with Crippen molar-refractivity contribution in [1.29, 1.82) is 0 Å². The molecule has 0 radical (unpaired) electrons. The van der Waals surface area contributed by atoms with Gasteiger partial charge in [-0.2, -0.15) is 0 Å². The lowest BCUT2D eigenvalue weighted by Crippen LogP contribution is -2.14. The van der Waals surface area contributed by atoms with E-state index in [1.54, 1.807) is 7.11 Å². The molecule has 1 aromatic carbocycles. The van der Waals surface area contributed by atoms with E-state index < -0.39 is 11.6 Å². The second-order valence-corrected chi connectivity index (χ2v) is 5.71. The Morgan fingerprint density at radius 1 is 1.33 bits per heavy atom. The fourth-order valence-electron chi connectivity index (χ4n) is 1.93. The molecule has 0 amide bonds. The van der Waals surface area contributed by atoms with Crippen LogP contribution in [0.2, 0.25) is 0 Å². The zero-order chi connectivity index (χ0) is 15.2. The van der Waals surface area contributed by atoms with E-state index in [1.165, 1.54) is 23.5 Å². The van der Waals surface area contributed by atoms with Crippen molar-refractivity contribution in [3.8, 4) is 10.6 Å². The number of halogens is 2. The van der Waals surface area contributed by atoms with Crippen LogP contribution in [-0.2, 0) is 17.9 Å². The highest BCUT2D eigenvalue weighted by Gasteiger charge is 2.15. The predicted molar refractivity (Wildman–Crippen MR) is 80.2 cm³/mol. The van der Waals surface area contributed by atoms with Gasteiger partial charge in [0.15, 0.2) is 0 Å². The van der Waals surface area contributed by atoms with Gasteiger partial charge >= 0.3 is 0 Å². The minimum absolute atomic E-state index is 0.320. The average Bonchev–Trinajstić information content (AvgIpc) is 2.82. The lowest BCUT2D eigenvalue weighted by Gasteiger charge is -2.02. The number of nitrogens with zero attached hydrogens (tertiary/aromatic N) is 1. The van der Waals surface area contributed by atoms with Crippen LogP contribution in [0.3, 0.4) is 0 Å². The normalized spacial score (nSPS) is 11.0. The molecule has 0 atom stereocenters. The van der Waals surface area contributed by atoms with Gasteiger partial charge in [-0.25, -0.2) is 13.8 Å². The maximum Gasteiger partial charge on any atom is 0.136 e. The van der Waals surface area contributed by atoms with Gasteiger partial charge in [0.2, 0.25) is 0 Å². The van der Waals surface area contributed by atoms with Crippen molar-refractivity contribution in [2.45, 2.75) is 26.5 Å². The highest BCUT2D eigenvalue weighted by atomic mass is 32.1. The van der Waals surface area contributed by atoms with Crippen molar-refractivity contribution in [2.24, 2.45) is 0 Å². The lowest BCUT2D eigenvalue weighted by atomic mass is 10.2. The third-order valence-electron chi connectivity index (χ3n) is 2.93. The zero-order valence-electron chi connectivity index (χ0n) is 12.1. The minimum Gasteiger partial charge on any atom is -0.378 e. The predicted octanol–water partition coefficient (Wildman–Crippen LogP) is 3.73. The molecule has 1 aromatic heterocycles. The topological polar surface area (TPSA) is 34.2 Å². The van der Waals surface area contributed by atoms with Crippen molar-refractivity contribution in [1.82, 2.24) is 10.3 Å². The second kappa shape index (κ2) is 7.59. The molecule has 0 aliphatic heterocycles. The molecule has 0 saturated heterocycles. The van der Waals surface area contributed by atoms with E-state index in [0.717, 1.165) is 29.6 Å². The number of nitrogens with one attached hydrogen (secondary N) is 1. The summed E-state index contributed by atoms with van der Waals surface area (Å²) in [6, 6.07) is 3.54. The molecule has 0 fully saturated rings. The van der Waals surface area contributed by atoms with Gasteiger partial charge in [-0.15, -0.1) is 11.3 Å². The molecular weight excluding hydrogens is 294 g/mol. The van der Waals surface area contributed by atoms with Gasteiger partial charge in [-0.05, 0) is 25.1 Å². The van der Waals surface area contributed by atoms with Crippen LogP contribution in [-0.4, -0.2) is 18.6 Å². The molecule has 21 heavy (non-hydrogen) atoms. The fraction of sp³-hybridized carbons (Fsp3) is 0.400. The largest absolute Gasteiger partial charge is 0.378 e. The van der Waals surface area contributed by atoms with Crippen molar-refractivity contribution in [2.75, 3.05) is 13.7 Å². The summed E-state index contributed by atoms with van der Waals surface area (Å²) in [6.07, 6.45) is 1.04. The SMILES string of the molecule is CCCNCc1sc(-c2ccc(F)cc2F)nc1COC. The van der Waals surface area contributed by atoms with Crippen LogP contribution in [0.25, 0.3) is 10.6 Å². The summed E-state index contributed by atoms with van der Waals surface area (Å²) in [4.78, 5) is 5.45. The first-order valence-electron chi connectivity index (χ1n) is 6.79. The maximum atomic E-state index is 13.8. The monoisotopic (exact) mass is 312 g/mol. The molecule has 3 nitrogen and oxygen atoms in total. The number of ether oxygens (including phenoxy) is 1. The van der Waals surface area contributed by atoms with E-state index in [4.69, 9.17) is 4.74 Å². The third kappa shape index (κ3) is 4.06. The van der Waals surface area contributed by atoms with Crippen LogP contribution in [0.4, 0.5) is 8.78 Å². The molecule has 6 heteroatoms. The molecule has 0 aliphatic rings. The number of hydrogen-bond acceptors (Lipinski definition) is 4. The van der Waals surface area contributed by atoms with Crippen LogP contribution in [0.15, 0.2) is 18.2 Å². The van der Waals surface area contributed by atoms with Crippen molar-refractivity contribution in [3.63, 3.8) is 0 Å². The number of hydrogen-bond donors (Lipinski definition) is 1. The standard InChI is InChI=1S/C15H18F2N2OS/c1-3-6-18-8-14-13(9-20-2)19-15(21-14)11-5-4-10(16)7-12(11)17/h4-5,7,18H,3,6,8-9H2,1-2H3. The van der Waals surface area contributed by atoms with Gasteiger partial charge in [-0.3, -0.25) is 0 Å². The van der Waals surface area contributed by atoms with Crippen LogP contribution < -0.4 is 5.32 Å². The quantitative estimate of drug-likeness (QED) is 0.791. The third-order valence-corrected chi connectivity index (χ3v) is 4.06. The molecule has 0 unspecified atom stereocenters. The number of thiazole rings is 1. The molecule has 2 rings (SSSR count). The molecule has 0 spiro atoms. The molecular formula is C15H18F2N2OS. The summed E-state index contributed by atoms with van der Waals surface area (Å²) < 4.78 is 32.0. The van der Waals surface area contributed by atoms with Crippen LogP contribution in [0.1, 0.15) is 23.9 Å². The zero-order valence-corrected chi connectivity index (χ0v) is 12.9. The molecule has 0 bridgehead atoms. The summed E-state index contributed by atoms with van der Waals surface area (Å²) in [7, 11) is 1.60. The molecule has 1 N–H and O–H groups in total. The van der Waals surface area contributed by atoms with E-state index in [2.05, 4.69) is 17.2 Å². The Morgan fingerprint density at radius 2 is 2.14 bits per heavy atom. The van der Waals surface area contributed by atoms with Crippen molar-refractivity contribution in [3.05, 3.63) is 40.4 Å². The Morgan fingerprint density at radius 3 is 2.81 bits per heavy atom. The molecule has 2 aromatic rings. The molecule has 114 valence electrons. The summed E-state index contributed by atoms with van der Waals surface area (Å²) in [5.41, 5.74) is 1.12. The number of benzene rings is 1. The first-order chi connectivity index (χ1) is 10.2. The van der Waals surface area contributed by atoms with Crippen LogP contribution in [0, 0.1) is 11.6 Å². The van der Waals surface area contributed by atoms with E-state index in [0.29, 0.717) is 23.7 Å². The fourth-order valence-corrected chi connectivity index (χ4v) is 2.99. The first kappa shape index (κ1) is 16.0. The van der Waals surface area contributed by atoms with Crippen LogP contribution in [0.5, 0.6) is 0 Å². The van der Waals surface area contributed by atoms with Gasteiger partial charge in [0, 0.05) is 30.2 Å². The average molecular weight is 312 g/mol. The number of aromatic nitrogens is 1. The van der Waals surface area contributed by atoms with Gasteiger partial charge < -0.3 is 10.1 Å². The number of rotatable bonds is 7. The Balaban J connectivity index is 2.29. The summed E-state index contributed by atoms with van der Waals surface area (Å²) in [5.74, 6) is -1.18. The Bertz CT molecular complexity index is 601. The minimum atomic E-state index is -0.596. The number of methoxy groups -OCH3 is 1. The smallest absolute Gasteiger partial charge is 0.136 e. The molecule has 0 saturated carbocycles. The highest BCUT2D eigenvalue weighted by molar-refractivity contribution is 7.15. The van der Waals surface area contributed by atoms with Crippen LogP contribution >= 0.6 is 11.3 Å². The first-order valence-corrected chi connectivity index (χ1v) is 7.61. The van der Waals surface area contributed by atoms with Crippen molar-refractivity contribution < 1.29 is 13.5 Å². The van der Waals surface area contributed by atoms with Gasteiger partial charge in [0.1, 0.15) is 16.6 Å². The van der Waals surface area contributed by atoms with Gasteiger partial charge in [0.25, 0.3) is 0 Å². The molecule has 0 aliphatic carbocycles. The van der Waals surface area contributed by atoms with Gasteiger partial charge in [0.05, 0.1) is 12.3 Å². The Kier molecular flexibility index (Phi) is 5.78. The van der Waals surface area contributed by atoms with E-state index >= 15 is 0 Å². The Hall–Kier alpha value is -1.37. The maximum absolute atomic E-state index is 13.8. The van der Waals surface area contributed by atoms with Gasteiger partial charge in [-0.1, -0.05) is 6.92 Å². The Labute approximate surface area is 127 Å². The second-order valence-electron chi connectivity index (χ2n) is 4.62. The van der Waals surface area contributed by atoms with Crippen molar-refractivity contribution >= 4 is 11.3 Å².